The van der Waals surface area contributed by atoms with Gasteiger partial charge in [0, 0.05) is 24.4 Å². The van der Waals surface area contributed by atoms with Crippen molar-refractivity contribution in [1.82, 2.24) is 10.2 Å². The quantitative estimate of drug-likeness (QED) is 0.155. The molecule has 0 bridgehead atoms. The summed E-state index contributed by atoms with van der Waals surface area (Å²) in [5.41, 5.74) is 2.99. The van der Waals surface area contributed by atoms with Crippen LogP contribution in [-0.2, 0) is 32.6 Å². The number of benzene rings is 4. The third-order valence-electron chi connectivity index (χ3n) is 7.46. The number of sulfonamides is 1. The average Bonchev–Trinajstić information content (AvgIpc) is 3.07. The van der Waals surface area contributed by atoms with Crippen molar-refractivity contribution >= 4 is 39.3 Å². The Hall–Kier alpha value is -4.28. The van der Waals surface area contributed by atoms with E-state index in [1.807, 2.05) is 81.6 Å². The van der Waals surface area contributed by atoms with Gasteiger partial charge in [-0.1, -0.05) is 72.3 Å². The fraction of sp³-hybridized carbons (Fsp3) is 0.278. The van der Waals surface area contributed by atoms with Crippen LogP contribution >= 0.6 is 11.8 Å². The molecule has 2 amide bonds. The van der Waals surface area contributed by atoms with E-state index < -0.39 is 28.5 Å². The number of thioether (sulfide) groups is 1. The number of carbonyl (C=O) groups excluding carboxylic acids is 2. The van der Waals surface area contributed by atoms with Crippen molar-refractivity contribution < 1.29 is 22.7 Å². The summed E-state index contributed by atoms with van der Waals surface area (Å²) in [6.45, 7) is 5.85. The van der Waals surface area contributed by atoms with E-state index in [1.165, 1.54) is 16.7 Å². The summed E-state index contributed by atoms with van der Waals surface area (Å²) in [7, 11) is -4.25. The van der Waals surface area contributed by atoms with E-state index in [2.05, 4.69) is 5.32 Å². The lowest BCUT2D eigenvalue weighted by molar-refractivity contribution is -0.140. The first-order chi connectivity index (χ1) is 22.2. The molecule has 0 heterocycles. The lowest BCUT2D eigenvalue weighted by Crippen LogP contribution is -2.53. The minimum absolute atomic E-state index is 0.0408. The van der Waals surface area contributed by atoms with Crippen LogP contribution in [0.1, 0.15) is 30.5 Å². The Morgan fingerprint density at radius 2 is 1.50 bits per heavy atom. The summed E-state index contributed by atoms with van der Waals surface area (Å²) < 4.78 is 35.6. The van der Waals surface area contributed by atoms with Gasteiger partial charge in [-0.2, -0.15) is 0 Å². The van der Waals surface area contributed by atoms with Gasteiger partial charge in [0.15, 0.2) is 0 Å². The summed E-state index contributed by atoms with van der Waals surface area (Å²) >= 11 is 1.50. The second-order valence-corrected chi connectivity index (χ2v) is 13.4. The van der Waals surface area contributed by atoms with E-state index in [4.69, 9.17) is 4.74 Å². The third-order valence-corrected chi connectivity index (χ3v) is 9.97. The molecular formula is C36H41N3O5S2. The number of rotatable bonds is 15. The molecule has 10 heteroatoms. The molecule has 4 rings (SSSR count). The first-order valence-corrected chi connectivity index (χ1v) is 17.9. The van der Waals surface area contributed by atoms with E-state index in [0.717, 1.165) is 25.9 Å². The Morgan fingerprint density at radius 1 is 0.848 bits per heavy atom. The molecule has 1 N–H and O–H groups in total. The first-order valence-electron chi connectivity index (χ1n) is 15.2. The van der Waals surface area contributed by atoms with Gasteiger partial charge < -0.3 is 15.0 Å². The first kappa shape index (κ1) is 34.6. The molecule has 1 atom stereocenters. The standard InChI is InChI=1S/C36H41N3O5S2/c1-5-37-36(41)33(24-28-12-8-7-9-13-28)38(25-29-18-16-27(3)17-19-29)35(40)26-39(32-14-10-11-15-34(32)44-6-2)46(42,43)31-22-20-30(45-4)21-23-31/h7-23,33H,5-6,24-26H2,1-4H3,(H,37,41). The van der Waals surface area contributed by atoms with Gasteiger partial charge in [0.05, 0.1) is 17.2 Å². The number of para-hydroxylation sites is 2. The molecule has 4 aromatic carbocycles. The number of carbonyl (C=O) groups is 2. The zero-order valence-corrected chi connectivity index (χ0v) is 28.3. The van der Waals surface area contributed by atoms with Gasteiger partial charge in [0.2, 0.25) is 11.8 Å². The van der Waals surface area contributed by atoms with Gasteiger partial charge >= 0.3 is 0 Å². The van der Waals surface area contributed by atoms with Crippen molar-refractivity contribution in [2.24, 2.45) is 0 Å². The number of likely N-dealkylation sites (N-methyl/N-ethyl adjacent to an activating group) is 1. The van der Waals surface area contributed by atoms with E-state index in [1.54, 1.807) is 48.5 Å². The van der Waals surface area contributed by atoms with Crippen molar-refractivity contribution in [3.8, 4) is 5.75 Å². The number of nitrogens with zero attached hydrogens (tertiary/aromatic N) is 2. The maximum absolute atomic E-state index is 14.6. The maximum atomic E-state index is 14.6. The molecule has 0 saturated heterocycles. The molecular weight excluding hydrogens is 619 g/mol. The number of nitrogens with one attached hydrogen (secondary N) is 1. The highest BCUT2D eigenvalue weighted by atomic mass is 32.2. The number of amides is 2. The smallest absolute Gasteiger partial charge is 0.264 e. The summed E-state index contributed by atoms with van der Waals surface area (Å²) in [5.74, 6) is -0.510. The predicted octanol–water partition coefficient (Wildman–Crippen LogP) is 6.09. The van der Waals surface area contributed by atoms with Gasteiger partial charge in [-0.25, -0.2) is 8.42 Å². The molecule has 0 radical (unpaired) electrons. The van der Waals surface area contributed by atoms with Crippen molar-refractivity contribution in [3.63, 3.8) is 0 Å². The van der Waals surface area contributed by atoms with Gasteiger partial charge in [0.25, 0.3) is 10.0 Å². The Balaban J connectivity index is 1.82. The Labute approximate surface area is 276 Å². The van der Waals surface area contributed by atoms with Crippen molar-refractivity contribution in [1.29, 1.82) is 0 Å². The van der Waals surface area contributed by atoms with Crippen LogP contribution in [0.25, 0.3) is 0 Å². The molecule has 46 heavy (non-hydrogen) atoms. The Morgan fingerprint density at radius 3 is 2.13 bits per heavy atom. The van der Waals surface area contributed by atoms with Crippen LogP contribution < -0.4 is 14.4 Å². The van der Waals surface area contributed by atoms with Crippen LogP contribution in [0.2, 0.25) is 0 Å². The van der Waals surface area contributed by atoms with Crippen molar-refractivity contribution in [3.05, 3.63) is 120 Å². The number of hydrogen-bond donors (Lipinski definition) is 1. The molecule has 0 spiro atoms. The molecule has 0 saturated carbocycles. The second-order valence-electron chi connectivity index (χ2n) is 10.7. The van der Waals surface area contributed by atoms with Crippen LogP contribution in [0.4, 0.5) is 5.69 Å². The Bertz CT molecular complexity index is 1700. The third kappa shape index (κ3) is 8.70. The average molecular weight is 660 g/mol. The normalized spacial score (nSPS) is 11.8. The van der Waals surface area contributed by atoms with E-state index in [9.17, 15) is 18.0 Å². The summed E-state index contributed by atoms with van der Waals surface area (Å²) in [6.07, 6.45) is 2.17. The van der Waals surface area contributed by atoms with E-state index >= 15 is 0 Å². The summed E-state index contributed by atoms with van der Waals surface area (Å²) in [5, 5.41) is 2.89. The Kier molecular flexibility index (Phi) is 12.3. The van der Waals surface area contributed by atoms with E-state index in [0.29, 0.717) is 18.9 Å². The second kappa shape index (κ2) is 16.3. The van der Waals surface area contributed by atoms with Crippen LogP contribution in [-0.4, -0.2) is 57.1 Å². The van der Waals surface area contributed by atoms with Crippen LogP contribution in [0.3, 0.4) is 0 Å². The molecule has 0 aromatic heterocycles. The van der Waals surface area contributed by atoms with E-state index in [-0.39, 0.29) is 29.5 Å². The monoisotopic (exact) mass is 659 g/mol. The molecule has 0 aliphatic heterocycles. The molecule has 0 aliphatic carbocycles. The highest BCUT2D eigenvalue weighted by molar-refractivity contribution is 7.98. The van der Waals surface area contributed by atoms with Gasteiger partial charge in [0.1, 0.15) is 18.3 Å². The fourth-order valence-electron chi connectivity index (χ4n) is 5.07. The van der Waals surface area contributed by atoms with Gasteiger partial charge in [-0.05, 0) is 74.6 Å². The molecule has 1 unspecified atom stereocenters. The predicted molar refractivity (Wildman–Crippen MR) is 185 cm³/mol. The zero-order valence-electron chi connectivity index (χ0n) is 26.7. The zero-order chi connectivity index (χ0) is 33.1. The fourth-order valence-corrected chi connectivity index (χ4v) is 6.90. The van der Waals surface area contributed by atoms with Crippen molar-refractivity contribution in [2.75, 3.05) is 30.3 Å². The highest BCUT2D eigenvalue weighted by Gasteiger charge is 2.35. The lowest BCUT2D eigenvalue weighted by Gasteiger charge is -2.34. The number of anilines is 1. The maximum Gasteiger partial charge on any atom is 0.264 e. The van der Waals surface area contributed by atoms with Crippen LogP contribution in [0, 0.1) is 6.92 Å². The SMILES string of the molecule is CCNC(=O)C(Cc1ccccc1)N(Cc1ccc(C)cc1)C(=O)CN(c1ccccc1OCC)S(=O)(=O)c1ccc(SC)cc1. The largest absolute Gasteiger partial charge is 0.492 e. The molecule has 4 aromatic rings. The lowest BCUT2D eigenvalue weighted by atomic mass is 10.0. The minimum Gasteiger partial charge on any atom is -0.492 e. The molecule has 8 nitrogen and oxygen atoms in total. The van der Waals surface area contributed by atoms with Crippen molar-refractivity contribution in [2.45, 2.75) is 49.6 Å². The number of ether oxygens (including phenoxy) is 1. The van der Waals surface area contributed by atoms with Gasteiger partial charge in [-0.3, -0.25) is 13.9 Å². The highest BCUT2D eigenvalue weighted by Crippen LogP contribution is 2.33. The molecule has 242 valence electrons. The van der Waals surface area contributed by atoms with Crippen LogP contribution in [0.15, 0.2) is 113 Å². The molecule has 0 fully saturated rings. The number of aryl methyl sites for hydroxylation is 1. The minimum atomic E-state index is -4.25. The van der Waals surface area contributed by atoms with Gasteiger partial charge in [-0.15, -0.1) is 11.8 Å². The number of hydrogen-bond acceptors (Lipinski definition) is 6. The molecule has 0 aliphatic rings. The van der Waals surface area contributed by atoms with Crippen LogP contribution in [0.5, 0.6) is 5.75 Å². The summed E-state index contributed by atoms with van der Waals surface area (Å²) in [6, 6.07) is 29.6. The topological polar surface area (TPSA) is 96.0 Å². The summed E-state index contributed by atoms with van der Waals surface area (Å²) in [4.78, 5) is 30.7.